The van der Waals surface area contributed by atoms with Gasteiger partial charge < -0.3 is 13.7 Å². The summed E-state index contributed by atoms with van der Waals surface area (Å²) in [5.74, 6) is 0. The number of rotatable bonds is 4. The Kier molecular flexibility index (Phi) is 7.36. The summed E-state index contributed by atoms with van der Waals surface area (Å²) in [6.07, 6.45) is 0. The van der Waals surface area contributed by atoms with Gasteiger partial charge in [0.25, 0.3) is 0 Å². The van der Waals surface area contributed by atoms with Crippen LogP contribution in [0.4, 0.5) is 17.1 Å². The molecule has 0 bridgehead atoms. The Morgan fingerprint density at radius 1 is 0.482 bits per heavy atom. The zero-order chi connectivity index (χ0) is 38.7. The molecule has 10 rings (SSSR count). The first-order valence-corrected chi connectivity index (χ1v) is 19.9. The molecule has 7 aromatic carbocycles. The van der Waals surface area contributed by atoms with Gasteiger partial charge in [-0.1, -0.05) is 152 Å². The van der Waals surface area contributed by atoms with Gasteiger partial charge in [0.1, 0.15) is 22.3 Å². The van der Waals surface area contributed by atoms with Crippen LogP contribution in [-0.4, -0.2) is 0 Å². The van der Waals surface area contributed by atoms with Crippen LogP contribution in [0.3, 0.4) is 0 Å². The maximum Gasteiger partial charge on any atom is 0.143 e. The highest BCUT2D eigenvalue weighted by Crippen LogP contribution is 2.58. The van der Waals surface area contributed by atoms with Gasteiger partial charge in [-0.25, -0.2) is 0 Å². The quantitative estimate of drug-likeness (QED) is 0.181. The molecule has 2 heterocycles. The van der Waals surface area contributed by atoms with E-state index in [1.807, 2.05) is 6.07 Å². The fourth-order valence-electron chi connectivity index (χ4n) is 9.14. The van der Waals surface area contributed by atoms with Gasteiger partial charge in [-0.15, -0.1) is 0 Å². The summed E-state index contributed by atoms with van der Waals surface area (Å²) in [5, 5.41) is 4.54. The molecule has 2 aromatic heterocycles. The van der Waals surface area contributed by atoms with Crippen LogP contribution in [0.5, 0.6) is 0 Å². The number of hydrogen-bond donors (Lipinski definition) is 0. The maximum atomic E-state index is 7.26. The molecule has 276 valence electrons. The van der Waals surface area contributed by atoms with Gasteiger partial charge in [0.05, 0.1) is 16.8 Å². The molecule has 56 heavy (non-hydrogen) atoms. The second-order valence-corrected chi connectivity index (χ2v) is 18.2. The first-order chi connectivity index (χ1) is 26.8. The third-order valence-electron chi connectivity index (χ3n) is 12.1. The Hall–Kier alpha value is -6.06. The summed E-state index contributed by atoms with van der Waals surface area (Å²) in [6, 6.07) is 50.7. The number of nitrogens with zero attached hydrogens (tertiary/aromatic N) is 1. The van der Waals surface area contributed by atoms with Crippen LogP contribution >= 0.6 is 0 Å². The van der Waals surface area contributed by atoms with Crippen LogP contribution < -0.4 is 4.90 Å². The Morgan fingerprint density at radius 3 is 1.89 bits per heavy atom. The van der Waals surface area contributed by atoms with Crippen LogP contribution in [0.2, 0.25) is 0 Å². The molecular formula is C53H47NO2. The lowest BCUT2D eigenvalue weighted by Gasteiger charge is -2.29. The van der Waals surface area contributed by atoms with Crippen LogP contribution in [0.25, 0.3) is 66.1 Å². The second kappa shape index (κ2) is 12.0. The average molecular weight is 730 g/mol. The van der Waals surface area contributed by atoms with E-state index in [4.69, 9.17) is 8.83 Å². The molecular weight excluding hydrogens is 683 g/mol. The van der Waals surface area contributed by atoms with Crippen molar-refractivity contribution >= 4 is 60.9 Å². The third-order valence-corrected chi connectivity index (χ3v) is 12.1. The largest absolute Gasteiger partial charge is 0.456 e. The standard InChI is InChI=1S/C53H47NO2/c1-51(2,3)34-30-38-36-28-29-40-48(50(36)56-49(38)41(31-34)52(4,5)6)47-39(53(40,7)8)19-14-20-43(47)54(35-26-24-33(25-27-35)32-16-10-9-11-17-32)42-21-15-23-45-46(42)37-18-12-13-22-44(37)55-45/h9-31H,1-8H3. The SMILES string of the molecule is CC(C)(C)c1cc(C(C)(C)C)c2oc3c4c(ccc3c2c1)C(C)(C)c1cccc(N(c2ccc(-c3ccccc3)cc2)c2cccc3oc5ccccc5c23)c1-4. The number of anilines is 3. The molecule has 0 amide bonds. The minimum Gasteiger partial charge on any atom is -0.456 e. The zero-order valence-electron chi connectivity index (χ0n) is 33.5. The lowest BCUT2D eigenvalue weighted by molar-refractivity contribution is 0.559. The van der Waals surface area contributed by atoms with Gasteiger partial charge in [-0.3, -0.25) is 0 Å². The van der Waals surface area contributed by atoms with Gasteiger partial charge in [-0.05, 0) is 81.1 Å². The fraction of sp³-hybridized carbons (Fsp3) is 0.208. The van der Waals surface area contributed by atoms with Crippen molar-refractivity contribution in [2.45, 2.75) is 71.6 Å². The molecule has 3 heteroatoms. The molecule has 0 fully saturated rings. The number of benzene rings is 7. The maximum absolute atomic E-state index is 7.26. The van der Waals surface area contributed by atoms with E-state index in [1.54, 1.807) is 0 Å². The first kappa shape index (κ1) is 34.4. The molecule has 1 aliphatic rings. The third kappa shape index (κ3) is 5.10. The normalized spacial score (nSPS) is 13.9. The fourth-order valence-corrected chi connectivity index (χ4v) is 9.14. The summed E-state index contributed by atoms with van der Waals surface area (Å²) in [5.41, 5.74) is 16.5. The lowest BCUT2D eigenvalue weighted by Crippen LogP contribution is -2.16. The molecule has 1 aliphatic carbocycles. The summed E-state index contributed by atoms with van der Waals surface area (Å²) < 4.78 is 13.8. The van der Waals surface area contributed by atoms with Crippen molar-refractivity contribution in [3.8, 4) is 22.3 Å². The van der Waals surface area contributed by atoms with Gasteiger partial charge in [-0.2, -0.15) is 0 Å². The predicted octanol–water partition coefficient (Wildman–Crippen LogP) is 15.5. The second-order valence-electron chi connectivity index (χ2n) is 18.2. The lowest BCUT2D eigenvalue weighted by atomic mass is 9.79. The highest BCUT2D eigenvalue weighted by molar-refractivity contribution is 6.17. The van der Waals surface area contributed by atoms with E-state index in [0.717, 1.165) is 55.6 Å². The number of furan rings is 2. The van der Waals surface area contributed by atoms with Crippen LogP contribution in [0.1, 0.15) is 77.6 Å². The monoisotopic (exact) mass is 729 g/mol. The van der Waals surface area contributed by atoms with Crippen LogP contribution in [0.15, 0.2) is 148 Å². The van der Waals surface area contributed by atoms with Gasteiger partial charge in [0.2, 0.25) is 0 Å². The summed E-state index contributed by atoms with van der Waals surface area (Å²) in [4.78, 5) is 2.45. The smallest absolute Gasteiger partial charge is 0.143 e. The van der Waals surface area contributed by atoms with Gasteiger partial charge in [0, 0.05) is 44.0 Å². The summed E-state index contributed by atoms with van der Waals surface area (Å²) >= 11 is 0. The topological polar surface area (TPSA) is 29.5 Å². The molecule has 0 saturated carbocycles. The van der Waals surface area contributed by atoms with E-state index in [1.165, 1.54) is 49.9 Å². The van der Waals surface area contributed by atoms with E-state index in [-0.39, 0.29) is 16.2 Å². The molecule has 3 nitrogen and oxygen atoms in total. The molecule has 9 aromatic rings. The van der Waals surface area contributed by atoms with Crippen molar-refractivity contribution < 1.29 is 8.83 Å². The van der Waals surface area contributed by atoms with Crippen molar-refractivity contribution in [3.05, 3.63) is 162 Å². The molecule has 0 atom stereocenters. The highest BCUT2D eigenvalue weighted by Gasteiger charge is 2.41. The highest BCUT2D eigenvalue weighted by atomic mass is 16.3. The summed E-state index contributed by atoms with van der Waals surface area (Å²) in [6.45, 7) is 18.5. The van der Waals surface area contributed by atoms with E-state index < -0.39 is 0 Å². The minimum absolute atomic E-state index is 0.00882. The Labute approximate surface area is 329 Å². The first-order valence-electron chi connectivity index (χ1n) is 19.9. The Balaban J connectivity index is 1.29. The van der Waals surface area contributed by atoms with Crippen molar-refractivity contribution in [3.63, 3.8) is 0 Å². The Bertz CT molecular complexity index is 3000. The van der Waals surface area contributed by atoms with Crippen molar-refractivity contribution in [2.24, 2.45) is 0 Å². The predicted molar refractivity (Wildman–Crippen MR) is 236 cm³/mol. The molecule has 0 unspecified atom stereocenters. The molecule has 0 radical (unpaired) electrons. The molecule has 0 saturated heterocycles. The zero-order valence-corrected chi connectivity index (χ0v) is 33.5. The molecule has 0 spiro atoms. The van der Waals surface area contributed by atoms with E-state index in [9.17, 15) is 0 Å². The van der Waals surface area contributed by atoms with Gasteiger partial charge >= 0.3 is 0 Å². The summed E-state index contributed by atoms with van der Waals surface area (Å²) in [7, 11) is 0. The van der Waals surface area contributed by atoms with Crippen LogP contribution in [0, 0.1) is 0 Å². The number of para-hydroxylation sites is 1. The Morgan fingerprint density at radius 2 is 1.14 bits per heavy atom. The molecule has 0 aliphatic heterocycles. The van der Waals surface area contributed by atoms with E-state index in [0.29, 0.717) is 0 Å². The van der Waals surface area contributed by atoms with Crippen molar-refractivity contribution in [1.29, 1.82) is 0 Å². The van der Waals surface area contributed by atoms with E-state index >= 15 is 0 Å². The van der Waals surface area contributed by atoms with Crippen molar-refractivity contribution in [2.75, 3.05) is 4.90 Å². The minimum atomic E-state index is -0.256. The van der Waals surface area contributed by atoms with Gasteiger partial charge in [0.15, 0.2) is 0 Å². The molecule has 0 N–H and O–H groups in total. The van der Waals surface area contributed by atoms with E-state index in [2.05, 4.69) is 194 Å². The van der Waals surface area contributed by atoms with Crippen LogP contribution in [-0.2, 0) is 16.2 Å². The number of hydrogen-bond acceptors (Lipinski definition) is 3. The van der Waals surface area contributed by atoms with Crippen molar-refractivity contribution in [1.82, 2.24) is 0 Å². The average Bonchev–Trinajstić information content (AvgIpc) is 3.83. The number of fused-ring (bicyclic) bond motifs is 10.